The number of fused-ring (bicyclic) bond motifs is 2. The van der Waals surface area contributed by atoms with Gasteiger partial charge in [0.05, 0.1) is 29.7 Å². The lowest BCUT2D eigenvalue weighted by atomic mass is 9.93. The van der Waals surface area contributed by atoms with Gasteiger partial charge in [0.15, 0.2) is 5.65 Å². The van der Waals surface area contributed by atoms with Gasteiger partial charge in [-0.25, -0.2) is 4.98 Å². The van der Waals surface area contributed by atoms with E-state index in [0.717, 1.165) is 40.7 Å². The van der Waals surface area contributed by atoms with Gasteiger partial charge in [-0.05, 0) is 55.7 Å². The van der Waals surface area contributed by atoms with Crippen LogP contribution in [-0.2, 0) is 13.0 Å². The van der Waals surface area contributed by atoms with Gasteiger partial charge in [0, 0.05) is 17.8 Å². The Hall–Kier alpha value is -1.75. The van der Waals surface area contributed by atoms with Gasteiger partial charge in [0.2, 0.25) is 0 Å². The van der Waals surface area contributed by atoms with Gasteiger partial charge in [-0.3, -0.25) is 4.40 Å². The second kappa shape index (κ2) is 6.87. The molecule has 1 N–H and O–H groups in total. The molecule has 6 heteroatoms. The number of anilines is 1. The molecule has 0 saturated heterocycles. The van der Waals surface area contributed by atoms with Crippen LogP contribution in [0.1, 0.15) is 35.5 Å². The zero-order valence-electron chi connectivity index (χ0n) is 14.2. The highest BCUT2D eigenvalue weighted by molar-refractivity contribution is 6.30. The lowest BCUT2D eigenvalue weighted by Gasteiger charge is -2.37. The summed E-state index contributed by atoms with van der Waals surface area (Å²) >= 11 is 6.21. The number of nitrogens with zero attached hydrogens (tertiary/aromatic N) is 3. The van der Waals surface area contributed by atoms with Crippen LogP contribution in [0.5, 0.6) is 0 Å². The molecule has 0 spiro atoms. The largest absolute Gasteiger partial charge is 0.390 e. The van der Waals surface area contributed by atoms with E-state index < -0.39 is 0 Å². The normalized spacial score (nSPS) is 16.6. The number of aryl methyl sites for hydroxylation is 1. The van der Waals surface area contributed by atoms with Crippen LogP contribution in [-0.4, -0.2) is 21.0 Å². The average Bonchev–Trinajstić information content (AvgIpc) is 2.91. The molecule has 1 unspecified atom stereocenters. The summed E-state index contributed by atoms with van der Waals surface area (Å²) in [6.07, 6.45) is 2.95. The SMILES string of the molecule is Cc1nc2c(N3CCc4ccc(Cl)cc4C3C)cccn2c1CO.Cl. The molecule has 0 bridgehead atoms. The minimum absolute atomic E-state index is 0. The zero-order valence-corrected chi connectivity index (χ0v) is 15.8. The number of rotatable bonds is 2. The smallest absolute Gasteiger partial charge is 0.161 e. The number of benzene rings is 1. The van der Waals surface area contributed by atoms with Crippen LogP contribution in [0.4, 0.5) is 5.69 Å². The van der Waals surface area contributed by atoms with Crippen molar-refractivity contribution in [3.05, 3.63) is 64.1 Å². The average molecular weight is 378 g/mol. The summed E-state index contributed by atoms with van der Waals surface area (Å²) in [6.45, 7) is 5.08. The van der Waals surface area contributed by atoms with Crippen molar-refractivity contribution < 1.29 is 5.11 Å². The van der Waals surface area contributed by atoms with E-state index in [4.69, 9.17) is 16.6 Å². The third kappa shape index (κ3) is 2.88. The second-order valence-electron chi connectivity index (χ2n) is 6.35. The molecular formula is C19H21Cl2N3O. The molecule has 1 aliphatic rings. The first-order valence-corrected chi connectivity index (χ1v) is 8.60. The van der Waals surface area contributed by atoms with Crippen LogP contribution in [0.15, 0.2) is 36.5 Å². The highest BCUT2D eigenvalue weighted by Gasteiger charge is 2.26. The number of halogens is 2. The van der Waals surface area contributed by atoms with Gasteiger partial charge < -0.3 is 10.0 Å². The molecule has 0 amide bonds. The highest BCUT2D eigenvalue weighted by atomic mass is 35.5. The predicted molar refractivity (Wildman–Crippen MR) is 104 cm³/mol. The predicted octanol–water partition coefficient (Wildman–Crippen LogP) is 4.33. The van der Waals surface area contributed by atoms with Crippen molar-refractivity contribution in [1.82, 2.24) is 9.38 Å². The van der Waals surface area contributed by atoms with E-state index >= 15 is 0 Å². The van der Waals surface area contributed by atoms with Gasteiger partial charge >= 0.3 is 0 Å². The number of aliphatic hydroxyl groups is 1. The first-order chi connectivity index (χ1) is 11.6. The Morgan fingerprint density at radius 1 is 1.32 bits per heavy atom. The molecule has 0 fully saturated rings. The molecule has 132 valence electrons. The van der Waals surface area contributed by atoms with Crippen LogP contribution in [0, 0.1) is 6.92 Å². The molecule has 25 heavy (non-hydrogen) atoms. The first kappa shape index (κ1) is 18.1. The van der Waals surface area contributed by atoms with Crippen molar-refractivity contribution in [2.24, 2.45) is 0 Å². The molecular weight excluding hydrogens is 357 g/mol. The molecule has 0 radical (unpaired) electrons. The third-order valence-electron chi connectivity index (χ3n) is 5.04. The molecule has 2 aromatic heterocycles. The first-order valence-electron chi connectivity index (χ1n) is 8.22. The summed E-state index contributed by atoms with van der Waals surface area (Å²) in [7, 11) is 0. The minimum atomic E-state index is -0.00948. The Bertz CT molecular complexity index is 922. The van der Waals surface area contributed by atoms with Gasteiger partial charge in [-0.15, -0.1) is 12.4 Å². The van der Waals surface area contributed by atoms with Gasteiger partial charge in [0.1, 0.15) is 0 Å². The number of aromatic nitrogens is 2. The van der Waals surface area contributed by atoms with E-state index in [-0.39, 0.29) is 25.1 Å². The molecule has 0 aliphatic carbocycles. The van der Waals surface area contributed by atoms with Crippen LogP contribution in [0.2, 0.25) is 5.02 Å². The van der Waals surface area contributed by atoms with E-state index in [1.54, 1.807) is 0 Å². The quantitative estimate of drug-likeness (QED) is 0.722. The monoisotopic (exact) mass is 377 g/mol. The standard InChI is InChI=1S/C19H20ClN3O.ClH/c1-12-18(11-24)23-8-3-4-17(19(23)21-12)22-9-7-14-5-6-15(20)10-16(14)13(22)2;/h3-6,8,10,13,24H,7,9,11H2,1-2H3;1H. The topological polar surface area (TPSA) is 40.8 Å². The van der Waals surface area contributed by atoms with Crippen LogP contribution in [0.3, 0.4) is 0 Å². The van der Waals surface area contributed by atoms with Gasteiger partial charge in [-0.2, -0.15) is 0 Å². The van der Waals surface area contributed by atoms with Gasteiger partial charge in [-0.1, -0.05) is 17.7 Å². The number of pyridine rings is 1. The summed E-state index contributed by atoms with van der Waals surface area (Å²) in [5, 5.41) is 10.4. The summed E-state index contributed by atoms with van der Waals surface area (Å²) in [6, 6.07) is 10.5. The minimum Gasteiger partial charge on any atom is -0.390 e. The van der Waals surface area contributed by atoms with Gasteiger partial charge in [0.25, 0.3) is 0 Å². The Kier molecular flexibility index (Phi) is 4.96. The number of hydrogen-bond acceptors (Lipinski definition) is 3. The summed E-state index contributed by atoms with van der Waals surface area (Å²) in [5.74, 6) is 0. The lowest BCUT2D eigenvalue weighted by molar-refractivity contribution is 0.275. The molecule has 4 rings (SSSR count). The Balaban J connectivity index is 0.00000182. The molecule has 1 atom stereocenters. The van der Waals surface area contributed by atoms with E-state index in [9.17, 15) is 5.11 Å². The molecule has 3 aromatic rings. The second-order valence-corrected chi connectivity index (χ2v) is 6.79. The molecule has 1 aliphatic heterocycles. The van der Waals surface area contributed by atoms with E-state index in [1.807, 2.05) is 29.7 Å². The maximum Gasteiger partial charge on any atom is 0.161 e. The summed E-state index contributed by atoms with van der Waals surface area (Å²) in [4.78, 5) is 7.08. The molecule has 3 heterocycles. The Morgan fingerprint density at radius 3 is 2.88 bits per heavy atom. The maximum absolute atomic E-state index is 9.63. The summed E-state index contributed by atoms with van der Waals surface area (Å²) < 4.78 is 1.99. The fourth-order valence-electron chi connectivity index (χ4n) is 3.74. The lowest BCUT2D eigenvalue weighted by Crippen LogP contribution is -2.34. The Labute approximate surface area is 158 Å². The van der Waals surface area contributed by atoms with Crippen molar-refractivity contribution in [1.29, 1.82) is 0 Å². The summed E-state index contributed by atoms with van der Waals surface area (Å²) in [5.41, 5.74) is 6.36. The van der Waals surface area contributed by atoms with Crippen molar-refractivity contribution >= 4 is 35.3 Å². The fraction of sp³-hybridized carbons (Fsp3) is 0.316. The van der Waals surface area contributed by atoms with Crippen molar-refractivity contribution in [2.75, 3.05) is 11.4 Å². The van der Waals surface area contributed by atoms with E-state index in [1.165, 1.54) is 11.1 Å². The number of imidazole rings is 1. The molecule has 0 saturated carbocycles. The number of aliphatic hydroxyl groups excluding tert-OH is 1. The van der Waals surface area contributed by atoms with Crippen LogP contribution < -0.4 is 4.90 Å². The van der Waals surface area contributed by atoms with E-state index in [0.29, 0.717) is 0 Å². The third-order valence-corrected chi connectivity index (χ3v) is 5.27. The van der Waals surface area contributed by atoms with Crippen molar-refractivity contribution in [3.8, 4) is 0 Å². The number of hydrogen-bond donors (Lipinski definition) is 1. The van der Waals surface area contributed by atoms with Crippen LogP contribution >= 0.6 is 24.0 Å². The van der Waals surface area contributed by atoms with Crippen molar-refractivity contribution in [3.63, 3.8) is 0 Å². The molecule has 1 aromatic carbocycles. The Morgan fingerprint density at radius 2 is 2.12 bits per heavy atom. The fourth-order valence-corrected chi connectivity index (χ4v) is 3.92. The highest BCUT2D eigenvalue weighted by Crippen LogP contribution is 2.36. The van der Waals surface area contributed by atoms with Crippen LogP contribution in [0.25, 0.3) is 5.65 Å². The zero-order chi connectivity index (χ0) is 16.8. The van der Waals surface area contributed by atoms with Crippen molar-refractivity contribution in [2.45, 2.75) is 32.9 Å². The van der Waals surface area contributed by atoms with E-state index in [2.05, 4.69) is 30.0 Å². The maximum atomic E-state index is 9.63. The molecule has 4 nitrogen and oxygen atoms in total.